The highest BCUT2D eigenvalue weighted by Crippen LogP contribution is 2.24. The fourth-order valence-electron chi connectivity index (χ4n) is 2.56. The normalized spacial score (nSPS) is 22.1. The van der Waals surface area contributed by atoms with E-state index in [1.165, 1.54) is 6.42 Å². The number of amides is 1. The summed E-state index contributed by atoms with van der Waals surface area (Å²) >= 11 is 0. The Morgan fingerprint density at radius 1 is 1.50 bits per heavy atom. The molecule has 0 aromatic carbocycles. The largest absolute Gasteiger partial charge is 0.361 e. The molecular formula is C14H24ClN3O2. The van der Waals surface area contributed by atoms with Gasteiger partial charge in [-0.05, 0) is 38.6 Å². The second-order valence-electron chi connectivity index (χ2n) is 5.85. The molecule has 1 unspecified atom stereocenters. The molecule has 6 heteroatoms. The summed E-state index contributed by atoms with van der Waals surface area (Å²) in [7, 11) is 0. The van der Waals surface area contributed by atoms with Crippen LogP contribution in [0.3, 0.4) is 0 Å². The van der Waals surface area contributed by atoms with E-state index in [-0.39, 0.29) is 23.7 Å². The summed E-state index contributed by atoms with van der Waals surface area (Å²) in [5, 5.41) is 10.3. The topological polar surface area (TPSA) is 67.2 Å². The summed E-state index contributed by atoms with van der Waals surface area (Å²) < 4.78 is 5.07. The van der Waals surface area contributed by atoms with Crippen molar-refractivity contribution < 1.29 is 9.32 Å². The van der Waals surface area contributed by atoms with Crippen LogP contribution in [0.1, 0.15) is 36.8 Å². The molecule has 1 aromatic rings. The van der Waals surface area contributed by atoms with Crippen molar-refractivity contribution in [2.75, 3.05) is 19.6 Å². The third-order valence-electron chi connectivity index (χ3n) is 3.92. The highest BCUT2D eigenvalue weighted by molar-refractivity contribution is 5.85. The second kappa shape index (κ2) is 7.09. The molecule has 5 nitrogen and oxygen atoms in total. The van der Waals surface area contributed by atoms with Crippen molar-refractivity contribution in [1.29, 1.82) is 0 Å². The van der Waals surface area contributed by atoms with E-state index in [1.54, 1.807) is 0 Å². The molecule has 1 amide bonds. The van der Waals surface area contributed by atoms with Crippen molar-refractivity contribution >= 4 is 18.3 Å². The molecule has 1 saturated heterocycles. The van der Waals surface area contributed by atoms with E-state index in [2.05, 4.69) is 22.7 Å². The summed E-state index contributed by atoms with van der Waals surface area (Å²) in [6, 6.07) is 0. The Balaban J connectivity index is 0.00000200. The molecule has 0 spiro atoms. The number of aromatic nitrogens is 1. The van der Waals surface area contributed by atoms with Crippen LogP contribution in [-0.4, -0.2) is 30.7 Å². The van der Waals surface area contributed by atoms with Crippen LogP contribution in [0.15, 0.2) is 4.52 Å². The molecule has 114 valence electrons. The number of nitrogens with one attached hydrogen (secondary N) is 2. The van der Waals surface area contributed by atoms with Gasteiger partial charge in [-0.25, -0.2) is 0 Å². The lowest BCUT2D eigenvalue weighted by atomic mass is 9.83. The highest BCUT2D eigenvalue weighted by atomic mass is 35.5. The molecule has 0 aliphatic carbocycles. The van der Waals surface area contributed by atoms with E-state index >= 15 is 0 Å². The van der Waals surface area contributed by atoms with Crippen LogP contribution in [-0.2, 0) is 11.2 Å². The van der Waals surface area contributed by atoms with Gasteiger partial charge in [0.15, 0.2) is 0 Å². The molecule has 20 heavy (non-hydrogen) atoms. The van der Waals surface area contributed by atoms with Crippen molar-refractivity contribution in [3.63, 3.8) is 0 Å². The maximum atomic E-state index is 12.0. The quantitative estimate of drug-likeness (QED) is 0.889. The molecule has 1 aromatic heterocycles. The fourth-order valence-corrected chi connectivity index (χ4v) is 2.56. The van der Waals surface area contributed by atoms with Crippen molar-refractivity contribution in [1.82, 2.24) is 15.8 Å². The zero-order valence-electron chi connectivity index (χ0n) is 12.4. The van der Waals surface area contributed by atoms with E-state index in [4.69, 9.17) is 4.52 Å². The van der Waals surface area contributed by atoms with Crippen LogP contribution in [0.2, 0.25) is 0 Å². The Labute approximate surface area is 126 Å². The number of aryl methyl sites for hydroxylation is 2. The predicted octanol–water partition coefficient (Wildman–Crippen LogP) is 1.76. The Morgan fingerprint density at radius 2 is 2.25 bits per heavy atom. The number of rotatable bonds is 4. The van der Waals surface area contributed by atoms with Gasteiger partial charge in [0.2, 0.25) is 5.91 Å². The first kappa shape index (κ1) is 17.0. The van der Waals surface area contributed by atoms with Crippen LogP contribution in [0.25, 0.3) is 0 Å². The van der Waals surface area contributed by atoms with Gasteiger partial charge < -0.3 is 15.2 Å². The second-order valence-corrected chi connectivity index (χ2v) is 5.85. The van der Waals surface area contributed by atoms with Crippen LogP contribution < -0.4 is 10.6 Å². The highest BCUT2D eigenvalue weighted by Gasteiger charge is 2.27. The van der Waals surface area contributed by atoms with Crippen LogP contribution in [0.5, 0.6) is 0 Å². The van der Waals surface area contributed by atoms with Gasteiger partial charge in [-0.1, -0.05) is 12.1 Å². The van der Waals surface area contributed by atoms with Gasteiger partial charge in [-0.2, -0.15) is 0 Å². The molecule has 1 fully saturated rings. The van der Waals surface area contributed by atoms with Crippen LogP contribution >= 0.6 is 12.4 Å². The predicted molar refractivity (Wildman–Crippen MR) is 80.1 cm³/mol. The first-order valence-corrected chi connectivity index (χ1v) is 6.89. The molecule has 1 aliphatic heterocycles. The zero-order valence-corrected chi connectivity index (χ0v) is 13.2. The number of carbonyl (C=O) groups excluding carboxylic acids is 1. The summed E-state index contributed by atoms with van der Waals surface area (Å²) in [4.78, 5) is 12.0. The van der Waals surface area contributed by atoms with E-state index in [0.717, 1.165) is 43.1 Å². The number of piperidine rings is 1. The van der Waals surface area contributed by atoms with Gasteiger partial charge in [-0.3, -0.25) is 4.79 Å². The van der Waals surface area contributed by atoms with Gasteiger partial charge in [0.25, 0.3) is 0 Å². The maximum Gasteiger partial charge on any atom is 0.224 e. The van der Waals surface area contributed by atoms with Crippen LogP contribution in [0.4, 0.5) is 0 Å². The summed E-state index contributed by atoms with van der Waals surface area (Å²) in [5.41, 5.74) is 1.88. The molecule has 2 N–H and O–H groups in total. The summed E-state index contributed by atoms with van der Waals surface area (Å²) in [6.07, 6.45) is 2.69. The van der Waals surface area contributed by atoms with Crippen molar-refractivity contribution in [2.24, 2.45) is 5.41 Å². The molecule has 0 radical (unpaired) electrons. The fraction of sp³-hybridized carbons (Fsp3) is 0.714. The minimum absolute atomic E-state index is 0. The average Bonchev–Trinajstić information content (AvgIpc) is 2.69. The Hall–Kier alpha value is -1.07. The van der Waals surface area contributed by atoms with E-state index < -0.39 is 0 Å². The number of halogens is 1. The smallest absolute Gasteiger partial charge is 0.224 e. The van der Waals surface area contributed by atoms with Gasteiger partial charge >= 0.3 is 0 Å². The third kappa shape index (κ3) is 4.21. The van der Waals surface area contributed by atoms with E-state index in [1.807, 2.05) is 13.8 Å². The summed E-state index contributed by atoms with van der Waals surface area (Å²) in [6.45, 7) is 8.71. The first-order chi connectivity index (χ1) is 9.00. The Kier molecular flexibility index (Phi) is 6.02. The summed E-state index contributed by atoms with van der Waals surface area (Å²) in [5.74, 6) is 0.777. The monoisotopic (exact) mass is 301 g/mol. The van der Waals surface area contributed by atoms with Gasteiger partial charge in [0.05, 0.1) is 12.1 Å². The average molecular weight is 302 g/mol. The molecule has 0 bridgehead atoms. The third-order valence-corrected chi connectivity index (χ3v) is 3.92. The minimum Gasteiger partial charge on any atom is -0.361 e. The van der Waals surface area contributed by atoms with Gasteiger partial charge in [0.1, 0.15) is 5.76 Å². The van der Waals surface area contributed by atoms with E-state index in [9.17, 15) is 4.79 Å². The van der Waals surface area contributed by atoms with Gasteiger partial charge in [-0.15, -0.1) is 12.4 Å². The number of hydrogen-bond donors (Lipinski definition) is 2. The zero-order chi connectivity index (χ0) is 13.9. The Morgan fingerprint density at radius 3 is 2.80 bits per heavy atom. The molecule has 0 saturated carbocycles. The number of nitrogens with zero attached hydrogens (tertiary/aromatic N) is 1. The van der Waals surface area contributed by atoms with Crippen molar-refractivity contribution in [3.8, 4) is 0 Å². The lowest BCUT2D eigenvalue weighted by molar-refractivity contribution is -0.121. The molecule has 2 rings (SSSR count). The first-order valence-electron chi connectivity index (χ1n) is 6.89. The molecular weight excluding hydrogens is 278 g/mol. The van der Waals surface area contributed by atoms with Crippen molar-refractivity contribution in [3.05, 3.63) is 17.0 Å². The van der Waals surface area contributed by atoms with Crippen molar-refractivity contribution in [2.45, 2.75) is 40.0 Å². The molecule has 2 heterocycles. The number of carbonyl (C=O) groups is 1. The van der Waals surface area contributed by atoms with Gasteiger partial charge in [0, 0.05) is 18.7 Å². The lowest BCUT2D eigenvalue weighted by Gasteiger charge is -2.34. The lowest BCUT2D eigenvalue weighted by Crippen LogP contribution is -2.46. The Bertz CT molecular complexity index is 434. The van der Waals surface area contributed by atoms with E-state index in [0.29, 0.717) is 6.42 Å². The molecule has 1 atom stereocenters. The van der Waals surface area contributed by atoms with Crippen LogP contribution in [0, 0.1) is 19.3 Å². The minimum atomic E-state index is 0. The maximum absolute atomic E-state index is 12.0. The number of hydrogen-bond acceptors (Lipinski definition) is 4. The SMILES string of the molecule is Cc1noc(C)c1CC(=O)NCC1(C)CCCNC1.Cl. The molecule has 1 aliphatic rings. The standard InChI is InChI=1S/C14H23N3O2.ClH/c1-10-12(11(2)19-17-10)7-13(18)16-9-14(3)5-4-6-15-8-14;/h15H,4-9H2,1-3H3,(H,16,18);1H.